The molecule has 0 radical (unpaired) electrons. The van der Waals surface area contributed by atoms with Crippen LogP contribution in [0.4, 0.5) is 0 Å². The number of piperidine rings is 1. The average Bonchev–Trinajstić information content (AvgIpc) is 3.38. The van der Waals surface area contributed by atoms with Crippen molar-refractivity contribution in [2.45, 2.75) is 38.0 Å². The zero-order valence-corrected chi connectivity index (χ0v) is 14.8. The van der Waals surface area contributed by atoms with Gasteiger partial charge in [0, 0.05) is 32.3 Å². The van der Waals surface area contributed by atoms with Gasteiger partial charge in [0.15, 0.2) is 11.5 Å². The van der Waals surface area contributed by atoms with E-state index in [4.69, 9.17) is 5.10 Å². The summed E-state index contributed by atoms with van der Waals surface area (Å²) >= 11 is 0. The Bertz CT molecular complexity index is 981. The zero-order chi connectivity index (χ0) is 17.7. The lowest BCUT2D eigenvalue weighted by molar-refractivity contribution is 0.0699. The second-order valence-electron chi connectivity index (χ2n) is 7.20. The molecule has 8 nitrogen and oxygen atoms in total. The van der Waals surface area contributed by atoms with Crippen molar-refractivity contribution in [3.63, 3.8) is 0 Å². The number of aromatic nitrogens is 6. The minimum absolute atomic E-state index is 0.0468. The van der Waals surface area contributed by atoms with Gasteiger partial charge in [0.05, 0.1) is 5.69 Å². The molecular formula is C18H21N7O. The Balaban J connectivity index is 1.35. The molecule has 1 fully saturated rings. The molecule has 26 heavy (non-hydrogen) atoms. The van der Waals surface area contributed by atoms with Gasteiger partial charge in [-0.2, -0.15) is 14.7 Å². The smallest absolute Gasteiger partial charge is 0.272 e. The van der Waals surface area contributed by atoms with E-state index in [-0.39, 0.29) is 11.8 Å². The second kappa shape index (κ2) is 5.89. The van der Waals surface area contributed by atoms with Gasteiger partial charge in [-0.25, -0.2) is 0 Å². The van der Waals surface area contributed by atoms with E-state index in [2.05, 4.69) is 21.4 Å². The largest absolute Gasteiger partial charge is 0.337 e. The molecule has 134 valence electrons. The number of rotatable bonds is 2. The van der Waals surface area contributed by atoms with Crippen LogP contribution in [0.3, 0.4) is 0 Å². The van der Waals surface area contributed by atoms with Gasteiger partial charge < -0.3 is 4.90 Å². The summed E-state index contributed by atoms with van der Waals surface area (Å²) in [5.41, 5.74) is 3.97. The van der Waals surface area contributed by atoms with Gasteiger partial charge in [-0.15, -0.1) is 10.2 Å². The van der Waals surface area contributed by atoms with Gasteiger partial charge in [-0.3, -0.25) is 9.48 Å². The molecule has 1 saturated heterocycles. The molecule has 0 N–H and O–H groups in total. The molecule has 5 rings (SSSR count). The SMILES string of the molecule is Cn1nccc1C(=O)N1CCC(c2nnc3cc4c(nn23)CCC4)CC1. The minimum atomic E-state index is 0.0468. The third-order valence-electron chi connectivity index (χ3n) is 5.63. The van der Waals surface area contributed by atoms with Crippen LogP contribution < -0.4 is 0 Å². The molecule has 0 atom stereocenters. The molecule has 0 bridgehead atoms. The van der Waals surface area contributed by atoms with Crippen molar-refractivity contribution >= 4 is 11.6 Å². The molecule has 1 aliphatic heterocycles. The minimum Gasteiger partial charge on any atom is -0.337 e. The summed E-state index contributed by atoms with van der Waals surface area (Å²) in [7, 11) is 1.80. The molecule has 0 saturated carbocycles. The van der Waals surface area contributed by atoms with Gasteiger partial charge >= 0.3 is 0 Å². The molecule has 0 aromatic carbocycles. The van der Waals surface area contributed by atoms with Gasteiger partial charge in [-0.05, 0) is 49.8 Å². The summed E-state index contributed by atoms with van der Waals surface area (Å²) < 4.78 is 3.55. The van der Waals surface area contributed by atoms with E-state index < -0.39 is 0 Å². The van der Waals surface area contributed by atoms with Crippen LogP contribution >= 0.6 is 0 Å². The number of hydrogen-bond donors (Lipinski definition) is 0. The van der Waals surface area contributed by atoms with Crippen molar-refractivity contribution in [3.05, 3.63) is 41.1 Å². The highest BCUT2D eigenvalue weighted by Crippen LogP contribution is 2.29. The maximum absolute atomic E-state index is 12.6. The summed E-state index contributed by atoms with van der Waals surface area (Å²) in [5.74, 6) is 1.26. The quantitative estimate of drug-likeness (QED) is 0.696. The molecule has 2 aliphatic rings. The van der Waals surface area contributed by atoms with Gasteiger partial charge in [0.25, 0.3) is 5.91 Å². The maximum atomic E-state index is 12.6. The van der Waals surface area contributed by atoms with Crippen LogP contribution in [-0.4, -0.2) is 53.5 Å². The van der Waals surface area contributed by atoms with Crippen LogP contribution in [0.5, 0.6) is 0 Å². The van der Waals surface area contributed by atoms with Crippen LogP contribution in [0.2, 0.25) is 0 Å². The predicted octanol–water partition coefficient (Wildman–Crippen LogP) is 1.37. The summed E-state index contributed by atoms with van der Waals surface area (Å²) in [5, 5.41) is 17.6. The molecule has 1 amide bonds. The van der Waals surface area contributed by atoms with E-state index in [1.54, 1.807) is 24.0 Å². The normalized spacial score (nSPS) is 17.8. The van der Waals surface area contributed by atoms with Crippen molar-refractivity contribution in [2.24, 2.45) is 7.05 Å². The summed E-state index contributed by atoms with van der Waals surface area (Å²) in [6.07, 6.45) is 6.72. The first kappa shape index (κ1) is 15.5. The Kier molecular flexibility index (Phi) is 3.51. The lowest BCUT2D eigenvalue weighted by Gasteiger charge is -2.31. The number of carbonyl (C=O) groups is 1. The number of likely N-dealkylation sites (tertiary alicyclic amines) is 1. The fourth-order valence-electron chi connectivity index (χ4n) is 4.14. The standard InChI is InChI=1S/C18H21N7O/c1-23-15(5-8-19-23)18(26)24-9-6-12(7-10-24)17-21-20-16-11-13-3-2-4-14(13)22-25(16)17/h5,8,11-12H,2-4,6-7,9-10H2,1H3. The molecule has 8 heteroatoms. The highest BCUT2D eigenvalue weighted by molar-refractivity contribution is 5.92. The maximum Gasteiger partial charge on any atom is 0.272 e. The first-order valence-corrected chi connectivity index (χ1v) is 9.22. The van der Waals surface area contributed by atoms with E-state index in [0.29, 0.717) is 18.8 Å². The number of aryl methyl sites for hydroxylation is 3. The molecule has 4 heterocycles. The fraction of sp³-hybridized carbons (Fsp3) is 0.500. The Labute approximate surface area is 150 Å². The monoisotopic (exact) mass is 351 g/mol. The third kappa shape index (κ3) is 2.40. The third-order valence-corrected chi connectivity index (χ3v) is 5.63. The van der Waals surface area contributed by atoms with Crippen molar-refractivity contribution < 1.29 is 4.79 Å². The van der Waals surface area contributed by atoms with Crippen LogP contribution in [-0.2, 0) is 19.9 Å². The van der Waals surface area contributed by atoms with Crippen LogP contribution in [0, 0.1) is 0 Å². The fourth-order valence-corrected chi connectivity index (χ4v) is 4.14. The van der Waals surface area contributed by atoms with Crippen molar-refractivity contribution in [1.29, 1.82) is 0 Å². The van der Waals surface area contributed by atoms with E-state index in [1.807, 2.05) is 9.42 Å². The first-order valence-electron chi connectivity index (χ1n) is 9.22. The Hall–Kier alpha value is -2.77. The number of carbonyl (C=O) groups excluding carboxylic acids is 1. The second-order valence-corrected chi connectivity index (χ2v) is 7.20. The summed E-state index contributed by atoms with van der Waals surface area (Å²) in [6, 6.07) is 3.90. The molecule has 0 spiro atoms. The number of fused-ring (bicyclic) bond motifs is 2. The summed E-state index contributed by atoms with van der Waals surface area (Å²) in [6.45, 7) is 1.43. The van der Waals surface area contributed by atoms with Crippen molar-refractivity contribution in [1.82, 2.24) is 34.5 Å². The van der Waals surface area contributed by atoms with E-state index >= 15 is 0 Å². The predicted molar refractivity (Wildman–Crippen MR) is 93.9 cm³/mol. The molecular weight excluding hydrogens is 330 g/mol. The lowest BCUT2D eigenvalue weighted by atomic mass is 9.96. The number of hydrogen-bond acceptors (Lipinski definition) is 5. The van der Waals surface area contributed by atoms with Gasteiger partial charge in [0.1, 0.15) is 5.69 Å². The number of amides is 1. The topological polar surface area (TPSA) is 81.2 Å². The van der Waals surface area contributed by atoms with Crippen LogP contribution in [0.1, 0.15) is 52.8 Å². The first-order chi connectivity index (χ1) is 12.7. The Morgan fingerprint density at radius 1 is 1.19 bits per heavy atom. The van der Waals surface area contributed by atoms with Crippen LogP contribution in [0.25, 0.3) is 5.65 Å². The highest BCUT2D eigenvalue weighted by Gasteiger charge is 2.29. The Morgan fingerprint density at radius 2 is 2.04 bits per heavy atom. The van der Waals surface area contributed by atoms with Gasteiger partial charge in [0.2, 0.25) is 0 Å². The van der Waals surface area contributed by atoms with E-state index in [9.17, 15) is 4.79 Å². The van der Waals surface area contributed by atoms with Crippen molar-refractivity contribution in [2.75, 3.05) is 13.1 Å². The Morgan fingerprint density at radius 3 is 2.81 bits per heavy atom. The van der Waals surface area contributed by atoms with Crippen molar-refractivity contribution in [3.8, 4) is 0 Å². The van der Waals surface area contributed by atoms with E-state index in [0.717, 1.165) is 37.2 Å². The molecule has 3 aromatic rings. The molecule has 3 aromatic heterocycles. The molecule has 0 unspecified atom stereocenters. The van der Waals surface area contributed by atoms with Crippen LogP contribution in [0.15, 0.2) is 18.3 Å². The average molecular weight is 351 g/mol. The lowest BCUT2D eigenvalue weighted by Crippen LogP contribution is -2.39. The van der Waals surface area contributed by atoms with E-state index in [1.165, 1.54) is 17.7 Å². The molecule has 1 aliphatic carbocycles. The number of nitrogens with zero attached hydrogens (tertiary/aromatic N) is 7. The summed E-state index contributed by atoms with van der Waals surface area (Å²) in [4.78, 5) is 14.5. The zero-order valence-electron chi connectivity index (χ0n) is 14.8. The highest BCUT2D eigenvalue weighted by atomic mass is 16.2. The van der Waals surface area contributed by atoms with Gasteiger partial charge in [-0.1, -0.05) is 0 Å².